The van der Waals surface area contributed by atoms with E-state index in [1.165, 1.54) is 18.2 Å². The maximum atomic E-state index is 13.5. The summed E-state index contributed by atoms with van der Waals surface area (Å²) in [4.78, 5) is 22.8. The Bertz CT molecular complexity index is 582. The summed E-state index contributed by atoms with van der Waals surface area (Å²) >= 11 is 0. The van der Waals surface area contributed by atoms with Crippen LogP contribution in [0.1, 0.15) is 25.3 Å². The fourth-order valence-electron chi connectivity index (χ4n) is 2.03. The molecule has 0 aromatic heterocycles. The molecule has 0 spiro atoms. The number of hydrogen-bond acceptors (Lipinski definition) is 3. The van der Waals surface area contributed by atoms with E-state index >= 15 is 0 Å². The molecular formula is C14H15F2N3O2. The number of hydrogen-bond donors (Lipinski definition) is 2. The van der Waals surface area contributed by atoms with Crippen molar-refractivity contribution in [2.75, 3.05) is 0 Å². The summed E-state index contributed by atoms with van der Waals surface area (Å²) in [5.74, 6) is -1.97. The molecule has 0 radical (unpaired) electrons. The molecule has 0 bridgehead atoms. The minimum atomic E-state index is -0.640. The maximum Gasteiger partial charge on any atom is 0.267 e. The van der Waals surface area contributed by atoms with Gasteiger partial charge in [-0.25, -0.2) is 14.2 Å². The largest absolute Gasteiger partial charge is 0.348 e. The molecule has 0 saturated carbocycles. The zero-order valence-corrected chi connectivity index (χ0v) is 11.5. The quantitative estimate of drug-likeness (QED) is 0.878. The lowest BCUT2D eigenvalue weighted by Gasteiger charge is -2.17. The molecule has 0 fully saturated rings. The van der Waals surface area contributed by atoms with Crippen LogP contribution >= 0.6 is 0 Å². The van der Waals surface area contributed by atoms with E-state index in [9.17, 15) is 18.4 Å². The number of rotatable bonds is 4. The Balaban J connectivity index is 1.97. The Morgan fingerprint density at radius 3 is 2.62 bits per heavy atom. The molecule has 1 aliphatic rings. The normalized spacial score (nSPS) is 16.0. The highest BCUT2D eigenvalue weighted by molar-refractivity contribution is 6.39. The highest BCUT2D eigenvalue weighted by Crippen LogP contribution is 2.14. The van der Waals surface area contributed by atoms with Crippen LogP contribution in [0.3, 0.4) is 0 Å². The lowest BCUT2D eigenvalue weighted by atomic mass is 10.1. The number of nitrogens with one attached hydrogen (secondary N) is 2. The summed E-state index contributed by atoms with van der Waals surface area (Å²) < 4.78 is 27.0. The third-order valence-electron chi connectivity index (χ3n) is 3.12. The van der Waals surface area contributed by atoms with Crippen molar-refractivity contribution in [3.05, 3.63) is 35.4 Å². The summed E-state index contributed by atoms with van der Waals surface area (Å²) in [6.45, 7) is 1.64. The van der Waals surface area contributed by atoms with Gasteiger partial charge in [-0.05, 0) is 25.5 Å². The van der Waals surface area contributed by atoms with Gasteiger partial charge in [0, 0.05) is 24.4 Å². The molecule has 2 N–H and O–H groups in total. The van der Waals surface area contributed by atoms with Crippen molar-refractivity contribution in [2.24, 2.45) is 5.10 Å². The number of carbonyl (C=O) groups is 2. The van der Waals surface area contributed by atoms with Gasteiger partial charge in [-0.15, -0.1) is 0 Å². The zero-order chi connectivity index (χ0) is 15.4. The van der Waals surface area contributed by atoms with E-state index in [4.69, 9.17) is 0 Å². The molecule has 1 aromatic carbocycles. The molecule has 0 saturated heterocycles. The molecule has 1 aliphatic heterocycles. The highest BCUT2D eigenvalue weighted by atomic mass is 19.1. The average molecular weight is 295 g/mol. The average Bonchev–Trinajstić information content (AvgIpc) is 2.43. The second-order valence-corrected chi connectivity index (χ2v) is 4.87. The van der Waals surface area contributed by atoms with Gasteiger partial charge in [-0.2, -0.15) is 5.10 Å². The molecule has 2 amide bonds. The second kappa shape index (κ2) is 6.43. The molecule has 1 aromatic rings. The van der Waals surface area contributed by atoms with E-state index in [0.717, 1.165) is 0 Å². The molecule has 5 nitrogen and oxygen atoms in total. The predicted molar refractivity (Wildman–Crippen MR) is 72.5 cm³/mol. The molecule has 1 atom stereocenters. The fourth-order valence-corrected chi connectivity index (χ4v) is 2.03. The number of carbonyl (C=O) groups excluding carboxylic acids is 2. The van der Waals surface area contributed by atoms with Crippen molar-refractivity contribution in [3.63, 3.8) is 0 Å². The topological polar surface area (TPSA) is 70.6 Å². The fraction of sp³-hybridized carbons (Fsp3) is 0.357. The van der Waals surface area contributed by atoms with Gasteiger partial charge in [-0.1, -0.05) is 6.07 Å². The number of benzene rings is 1. The van der Waals surface area contributed by atoms with E-state index in [1.807, 2.05) is 0 Å². The minimum Gasteiger partial charge on any atom is -0.348 e. The lowest BCUT2D eigenvalue weighted by Crippen LogP contribution is -2.41. The summed E-state index contributed by atoms with van der Waals surface area (Å²) in [6, 6.07) is 3.17. The zero-order valence-electron chi connectivity index (χ0n) is 11.5. The van der Waals surface area contributed by atoms with E-state index in [2.05, 4.69) is 15.8 Å². The van der Waals surface area contributed by atoms with Crippen LogP contribution in [0.25, 0.3) is 0 Å². The lowest BCUT2D eigenvalue weighted by molar-refractivity contribution is -0.121. The summed E-state index contributed by atoms with van der Waals surface area (Å²) in [5.41, 5.74) is 2.36. The number of nitrogens with zero attached hydrogens (tertiary/aromatic N) is 1. The van der Waals surface area contributed by atoms with Crippen LogP contribution in [0.5, 0.6) is 0 Å². The Hall–Kier alpha value is -2.31. The van der Waals surface area contributed by atoms with Crippen molar-refractivity contribution in [3.8, 4) is 0 Å². The van der Waals surface area contributed by atoms with Gasteiger partial charge in [0.15, 0.2) is 0 Å². The third-order valence-corrected chi connectivity index (χ3v) is 3.12. The van der Waals surface area contributed by atoms with Crippen molar-refractivity contribution in [2.45, 2.75) is 32.2 Å². The SMILES string of the molecule is CC(Cc1c(F)cccc1F)NC(=O)C1=NNC(=O)CC1. The van der Waals surface area contributed by atoms with Crippen molar-refractivity contribution in [1.29, 1.82) is 0 Å². The van der Waals surface area contributed by atoms with Crippen LogP contribution in [0.4, 0.5) is 8.78 Å². The summed E-state index contributed by atoms with van der Waals surface area (Å²) in [7, 11) is 0. The molecular weight excluding hydrogens is 280 g/mol. The number of halogens is 2. The Morgan fingerprint density at radius 1 is 1.38 bits per heavy atom. The van der Waals surface area contributed by atoms with E-state index in [1.54, 1.807) is 6.92 Å². The maximum absolute atomic E-state index is 13.5. The molecule has 1 unspecified atom stereocenters. The highest BCUT2D eigenvalue weighted by Gasteiger charge is 2.20. The summed E-state index contributed by atoms with van der Waals surface area (Å²) in [5, 5.41) is 6.28. The standard InChI is InChI=1S/C14H15F2N3O2/c1-8(7-9-10(15)3-2-4-11(9)16)17-14(21)12-5-6-13(20)19-18-12/h2-4,8H,5-7H2,1H3,(H,17,21)(H,19,20). The van der Waals surface area contributed by atoms with Gasteiger partial charge in [0.1, 0.15) is 17.3 Å². The van der Waals surface area contributed by atoms with Crippen molar-refractivity contribution in [1.82, 2.24) is 10.7 Å². The minimum absolute atomic E-state index is 0.0316. The first-order valence-corrected chi connectivity index (χ1v) is 6.56. The van der Waals surface area contributed by atoms with Gasteiger partial charge in [-0.3, -0.25) is 9.59 Å². The van der Waals surface area contributed by atoms with Crippen LogP contribution in [0.15, 0.2) is 23.3 Å². The molecule has 21 heavy (non-hydrogen) atoms. The first-order valence-electron chi connectivity index (χ1n) is 6.56. The smallest absolute Gasteiger partial charge is 0.267 e. The Labute approximate surface area is 120 Å². The predicted octanol–water partition coefficient (Wildman–Crippen LogP) is 1.28. The van der Waals surface area contributed by atoms with Crippen molar-refractivity contribution < 1.29 is 18.4 Å². The van der Waals surface area contributed by atoms with E-state index in [-0.39, 0.29) is 36.4 Å². The third kappa shape index (κ3) is 3.84. The van der Waals surface area contributed by atoms with Crippen LogP contribution in [0.2, 0.25) is 0 Å². The van der Waals surface area contributed by atoms with Gasteiger partial charge < -0.3 is 5.32 Å². The van der Waals surface area contributed by atoms with Crippen molar-refractivity contribution >= 4 is 17.5 Å². The van der Waals surface area contributed by atoms with E-state index in [0.29, 0.717) is 0 Å². The van der Waals surface area contributed by atoms with Gasteiger partial charge >= 0.3 is 0 Å². The van der Waals surface area contributed by atoms with Gasteiger partial charge in [0.2, 0.25) is 5.91 Å². The van der Waals surface area contributed by atoms with E-state index < -0.39 is 23.6 Å². The first-order chi connectivity index (χ1) is 9.97. The Morgan fingerprint density at radius 2 is 2.05 bits per heavy atom. The second-order valence-electron chi connectivity index (χ2n) is 4.87. The summed E-state index contributed by atoms with van der Waals surface area (Å²) in [6.07, 6.45) is 0.477. The van der Waals surface area contributed by atoms with Crippen LogP contribution < -0.4 is 10.7 Å². The van der Waals surface area contributed by atoms with Crippen LogP contribution in [0, 0.1) is 11.6 Å². The monoisotopic (exact) mass is 295 g/mol. The molecule has 0 aliphatic carbocycles. The number of amides is 2. The molecule has 7 heteroatoms. The van der Waals surface area contributed by atoms with Crippen LogP contribution in [-0.4, -0.2) is 23.6 Å². The van der Waals surface area contributed by atoms with Gasteiger partial charge in [0.05, 0.1) is 0 Å². The molecule has 1 heterocycles. The van der Waals surface area contributed by atoms with Crippen LogP contribution in [-0.2, 0) is 16.0 Å². The molecule has 112 valence electrons. The number of hydrazone groups is 1. The first kappa shape index (κ1) is 15.1. The van der Waals surface area contributed by atoms with Gasteiger partial charge in [0.25, 0.3) is 5.91 Å². The Kier molecular flexibility index (Phi) is 4.62. The molecule has 2 rings (SSSR count).